The minimum Gasteiger partial charge on any atom is -0.497 e. The maximum Gasteiger partial charge on any atom is 0.171 e. The standard InChI is InChI=1S/C14H19ClN2OS/c1-18-11-7-8-13(12(15)9-11)17-14(19)16-10-5-3-2-4-6-10/h7-10H,2-6H2,1H3,(H2,16,17,19). The molecule has 0 aliphatic heterocycles. The zero-order chi connectivity index (χ0) is 13.7. The summed E-state index contributed by atoms with van der Waals surface area (Å²) in [5.74, 6) is 0.738. The number of benzene rings is 1. The average molecular weight is 299 g/mol. The monoisotopic (exact) mass is 298 g/mol. The van der Waals surface area contributed by atoms with E-state index in [1.807, 2.05) is 12.1 Å². The van der Waals surface area contributed by atoms with E-state index in [1.54, 1.807) is 13.2 Å². The molecule has 1 fully saturated rings. The van der Waals surface area contributed by atoms with Crippen molar-refractivity contribution in [2.24, 2.45) is 0 Å². The summed E-state index contributed by atoms with van der Waals surface area (Å²) >= 11 is 11.5. The van der Waals surface area contributed by atoms with Crippen LogP contribution in [-0.2, 0) is 0 Å². The van der Waals surface area contributed by atoms with Gasteiger partial charge in [-0.05, 0) is 37.2 Å². The van der Waals surface area contributed by atoms with E-state index in [0.29, 0.717) is 16.2 Å². The summed E-state index contributed by atoms with van der Waals surface area (Å²) in [6.45, 7) is 0. The summed E-state index contributed by atoms with van der Waals surface area (Å²) in [6.07, 6.45) is 6.28. The Balaban J connectivity index is 1.91. The van der Waals surface area contributed by atoms with E-state index >= 15 is 0 Å². The number of hydrogen-bond acceptors (Lipinski definition) is 2. The molecule has 2 N–H and O–H groups in total. The van der Waals surface area contributed by atoms with Gasteiger partial charge in [-0.15, -0.1) is 0 Å². The maximum absolute atomic E-state index is 6.17. The molecule has 0 unspecified atom stereocenters. The molecule has 1 saturated carbocycles. The predicted molar refractivity (Wildman–Crippen MR) is 84.2 cm³/mol. The van der Waals surface area contributed by atoms with Gasteiger partial charge in [0.1, 0.15) is 5.75 Å². The fraction of sp³-hybridized carbons (Fsp3) is 0.500. The van der Waals surface area contributed by atoms with E-state index < -0.39 is 0 Å². The number of rotatable bonds is 3. The summed E-state index contributed by atoms with van der Waals surface area (Å²) in [4.78, 5) is 0. The highest BCUT2D eigenvalue weighted by molar-refractivity contribution is 7.80. The Kier molecular flexibility index (Phi) is 5.28. The second kappa shape index (κ2) is 6.96. The summed E-state index contributed by atoms with van der Waals surface area (Å²) < 4.78 is 5.12. The average Bonchev–Trinajstić information content (AvgIpc) is 2.42. The molecule has 104 valence electrons. The first-order valence-electron chi connectivity index (χ1n) is 6.60. The number of thiocarbonyl (C=S) groups is 1. The first kappa shape index (κ1) is 14.4. The van der Waals surface area contributed by atoms with Crippen molar-refractivity contribution < 1.29 is 4.74 Å². The molecule has 1 aromatic rings. The van der Waals surface area contributed by atoms with Crippen LogP contribution in [-0.4, -0.2) is 18.3 Å². The quantitative estimate of drug-likeness (QED) is 0.827. The third-order valence-corrected chi connectivity index (χ3v) is 3.90. The van der Waals surface area contributed by atoms with Crippen molar-refractivity contribution >= 4 is 34.6 Å². The Morgan fingerprint density at radius 3 is 2.68 bits per heavy atom. The number of halogens is 1. The van der Waals surface area contributed by atoms with E-state index in [1.165, 1.54) is 32.1 Å². The van der Waals surface area contributed by atoms with E-state index in [4.69, 9.17) is 28.6 Å². The molecule has 0 amide bonds. The van der Waals surface area contributed by atoms with Crippen molar-refractivity contribution in [1.29, 1.82) is 0 Å². The molecule has 0 aromatic heterocycles. The molecule has 0 saturated heterocycles. The van der Waals surface area contributed by atoms with Gasteiger partial charge in [-0.1, -0.05) is 30.9 Å². The van der Waals surface area contributed by atoms with Gasteiger partial charge in [-0.25, -0.2) is 0 Å². The number of anilines is 1. The van der Waals surface area contributed by atoms with E-state index in [9.17, 15) is 0 Å². The van der Waals surface area contributed by atoms with Gasteiger partial charge in [-0.2, -0.15) is 0 Å². The van der Waals surface area contributed by atoms with Crippen LogP contribution in [0, 0.1) is 0 Å². The molecule has 5 heteroatoms. The first-order chi connectivity index (χ1) is 9.19. The number of hydrogen-bond donors (Lipinski definition) is 2. The lowest BCUT2D eigenvalue weighted by molar-refractivity contribution is 0.414. The molecule has 0 heterocycles. The highest BCUT2D eigenvalue weighted by atomic mass is 35.5. The van der Waals surface area contributed by atoms with Gasteiger partial charge in [0.25, 0.3) is 0 Å². The Labute approximate surface area is 124 Å². The molecule has 2 rings (SSSR count). The molecular weight excluding hydrogens is 280 g/mol. The predicted octanol–water partition coefficient (Wildman–Crippen LogP) is 3.97. The van der Waals surface area contributed by atoms with Crippen LogP contribution in [0.25, 0.3) is 0 Å². The number of nitrogens with one attached hydrogen (secondary N) is 2. The van der Waals surface area contributed by atoms with E-state index in [-0.39, 0.29) is 0 Å². The Bertz CT molecular complexity index is 447. The van der Waals surface area contributed by atoms with Crippen molar-refractivity contribution in [1.82, 2.24) is 5.32 Å². The highest BCUT2D eigenvalue weighted by Crippen LogP contribution is 2.26. The van der Waals surface area contributed by atoms with Gasteiger partial charge >= 0.3 is 0 Å². The normalized spacial score (nSPS) is 15.9. The van der Waals surface area contributed by atoms with Crippen LogP contribution in [0.15, 0.2) is 18.2 Å². The van der Waals surface area contributed by atoms with Crippen LogP contribution in [0.2, 0.25) is 5.02 Å². The molecule has 3 nitrogen and oxygen atoms in total. The third-order valence-electron chi connectivity index (χ3n) is 3.36. The number of ether oxygens (including phenoxy) is 1. The Hall–Kier alpha value is -1.00. The fourth-order valence-corrected chi connectivity index (χ4v) is 2.81. The molecule has 0 spiro atoms. The maximum atomic E-state index is 6.17. The summed E-state index contributed by atoms with van der Waals surface area (Å²) in [7, 11) is 1.62. The molecule has 1 aliphatic rings. The lowest BCUT2D eigenvalue weighted by Gasteiger charge is -2.24. The van der Waals surface area contributed by atoms with Crippen LogP contribution in [0.3, 0.4) is 0 Å². The zero-order valence-corrected chi connectivity index (χ0v) is 12.6. The second-order valence-electron chi connectivity index (χ2n) is 4.78. The van der Waals surface area contributed by atoms with Crippen molar-refractivity contribution in [3.05, 3.63) is 23.2 Å². The number of methoxy groups -OCH3 is 1. The molecule has 0 bridgehead atoms. The smallest absolute Gasteiger partial charge is 0.171 e. The lowest BCUT2D eigenvalue weighted by Crippen LogP contribution is -2.38. The lowest BCUT2D eigenvalue weighted by atomic mass is 9.96. The first-order valence-corrected chi connectivity index (χ1v) is 7.38. The second-order valence-corrected chi connectivity index (χ2v) is 5.59. The van der Waals surface area contributed by atoms with Crippen LogP contribution >= 0.6 is 23.8 Å². The van der Waals surface area contributed by atoms with Gasteiger partial charge in [0.05, 0.1) is 17.8 Å². The van der Waals surface area contributed by atoms with Crippen LogP contribution in [0.5, 0.6) is 5.75 Å². The largest absolute Gasteiger partial charge is 0.497 e. The van der Waals surface area contributed by atoms with Crippen molar-refractivity contribution in [2.45, 2.75) is 38.1 Å². The van der Waals surface area contributed by atoms with Crippen molar-refractivity contribution in [3.63, 3.8) is 0 Å². The van der Waals surface area contributed by atoms with Crippen molar-refractivity contribution in [2.75, 3.05) is 12.4 Å². The van der Waals surface area contributed by atoms with Gasteiger partial charge in [0.15, 0.2) is 5.11 Å². The zero-order valence-electron chi connectivity index (χ0n) is 11.0. The third kappa shape index (κ3) is 4.25. The van der Waals surface area contributed by atoms with Crippen LogP contribution in [0.1, 0.15) is 32.1 Å². The summed E-state index contributed by atoms with van der Waals surface area (Å²) in [6, 6.07) is 5.99. The molecular formula is C14H19ClN2OS. The SMILES string of the molecule is COc1ccc(NC(=S)NC2CCCCC2)c(Cl)c1. The Morgan fingerprint density at radius 1 is 1.32 bits per heavy atom. The highest BCUT2D eigenvalue weighted by Gasteiger charge is 2.14. The van der Waals surface area contributed by atoms with Gasteiger partial charge < -0.3 is 15.4 Å². The van der Waals surface area contributed by atoms with Gasteiger partial charge in [0.2, 0.25) is 0 Å². The van der Waals surface area contributed by atoms with Crippen LogP contribution < -0.4 is 15.4 Å². The van der Waals surface area contributed by atoms with Gasteiger partial charge in [-0.3, -0.25) is 0 Å². The summed E-state index contributed by atoms with van der Waals surface area (Å²) in [5, 5.41) is 7.74. The van der Waals surface area contributed by atoms with Gasteiger partial charge in [0, 0.05) is 12.1 Å². The minimum atomic E-state index is 0.491. The Morgan fingerprint density at radius 2 is 2.05 bits per heavy atom. The van der Waals surface area contributed by atoms with E-state index in [2.05, 4.69) is 10.6 Å². The van der Waals surface area contributed by atoms with Crippen molar-refractivity contribution in [3.8, 4) is 5.75 Å². The topological polar surface area (TPSA) is 33.3 Å². The molecule has 1 aromatic carbocycles. The summed E-state index contributed by atoms with van der Waals surface area (Å²) in [5.41, 5.74) is 0.802. The molecule has 1 aliphatic carbocycles. The van der Waals surface area contributed by atoms with E-state index in [0.717, 1.165) is 11.4 Å². The molecule has 19 heavy (non-hydrogen) atoms. The van der Waals surface area contributed by atoms with Crippen LogP contribution in [0.4, 0.5) is 5.69 Å². The molecule has 0 radical (unpaired) electrons. The fourth-order valence-electron chi connectivity index (χ4n) is 2.31. The molecule has 0 atom stereocenters. The minimum absolute atomic E-state index is 0.491.